The molecule has 0 aliphatic rings. The highest BCUT2D eigenvalue weighted by molar-refractivity contribution is 5.27. The summed E-state index contributed by atoms with van der Waals surface area (Å²) in [6.07, 6.45) is 5.07. The van der Waals surface area contributed by atoms with Crippen molar-refractivity contribution >= 4 is 0 Å². The van der Waals surface area contributed by atoms with E-state index in [2.05, 4.69) is 52.0 Å². The highest BCUT2D eigenvalue weighted by Crippen LogP contribution is 2.19. The van der Waals surface area contributed by atoms with Crippen molar-refractivity contribution in [3.05, 3.63) is 29.8 Å². The lowest BCUT2D eigenvalue weighted by atomic mass is 10.1. The molecule has 0 aromatic heterocycles. The fourth-order valence-electron chi connectivity index (χ4n) is 1.66. The lowest BCUT2D eigenvalue weighted by Crippen LogP contribution is -2.22. The fraction of sp³-hybridized carbons (Fsp3) is 0.600. The molecular weight excluding hydrogens is 196 g/mol. The van der Waals surface area contributed by atoms with Crippen LogP contribution in [0.25, 0.3) is 0 Å². The maximum Gasteiger partial charge on any atom is 0.120 e. The molecule has 0 aliphatic carbocycles. The second-order valence-corrected chi connectivity index (χ2v) is 5.32. The van der Waals surface area contributed by atoms with Gasteiger partial charge in [0.1, 0.15) is 11.4 Å². The van der Waals surface area contributed by atoms with Crippen LogP contribution < -0.4 is 4.74 Å². The fourth-order valence-corrected chi connectivity index (χ4v) is 1.66. The lowest BCUT2D eigenvalue weighted by Gasteiger charge is -2.21. The minimum Gasteiger partial charge on any atom is -0.488 e. The molecular formula is C15H24O. The molecule has 0 saturated heterocycles. The molecule has 1 aromatic carbocycles. The van der Waals surface area contributed by atoms with Gasteiger partial charge in [-0.1, -0.05) is 31.9 Å². The van der Waals surface area contributed by atoms with Crippen LogP contribution in [0.1, 0.15) is 52.5 Å². The van der Waals surface area contributed by atoms with Gasteiger partial charge in [0.25, 0.3) is 0 Å². The summed E-state index contributed by atoms with van der Waals surface area (Å²) in [5.41, 5.74) is 1.30. The molecule has 0 saturated carbocycles. The molecule has 0 heterocycles. The van der Waals surface area contributed by atoms with Crippen LogP contribution in [0.4, 0.5) is 0 Å². The molecule has 0 atom stereocenters. The van der Waals surface area contributed by atoms with Crippen LogP contribution in [0.15, 0.2) is 24.3 Å². The molecule has 0 radical (unpaired) electrons. The van der Waals surface area contributed by atoms with Crippen LogP contribution in [-0.2, 0) is 6.42 Å². The molecule has 1 heteroatoms. The molecule has 0 aliphatic heterocycles. The first-order valence-corrected chi connectivity index (χ1v) is 6.29. The van der Waals surface area contributed by atoms with Crippen molar-refractivity contribution in [1.29, 1.82) is 0 Å². The molecule has 0 bridgehead atoms. The Morgan fingerprint density at radius 1 is 1.00 bits per heavy atom. The Balaban J connectivity index is 2.48. The highest BCUT2D eigenvalue weighted by atomic mass is 16.5. The number of hydrogen-bond acceptors (Lipinski definition) is 1. The quantitative estimate of drug-likeness (QED) is 0.659. The second kappa shape index (κ2) is 5.93. The molecule has 0 amide bonds. The van der Waals surface area contributed by atoms with E-state index in [1.165, 1.54) is 31.2 Å². The minimum atomic E-state index is -0.107. The number of aryl methyl sites for hydroxylation is 1. The number of unbranched alkanes of at least 4 members (excludes halogenated alkanes) is 2. The Bertz CT molecular complexity index is 292. The van der Waals surface area contributed by atoms with E-state index in [1.807, 2.05) is 0 Å². The zero-order chi connectivity index (χ0) is 12.0. The monoisotopic (exact) mass is 220 g/mol. The summed E-state index contributed by atoms with van der Waals surface area (Å²) in [5.74, 6) is 0.965. The summed E-state index contributed by atoms with van der Waals surface area (Å²) < 4.78 is 5.78. The van der Waals surface area contributed by atoms with E-state index in [0.717, 1.165) is 5.75 Å². The van der Waals surface area contributed by atoms with Gasteiger partial charge in [-0.25, -0.2) is 0 Å². The van der Waals surface area contributed by atoms with Gasteiger partial charge in [0.05, 0.1) is 0 Å². The lowest BCUT2D eigenvalue weighted by molar-refractivity contribution is 0.131. The first-order chi connectivity index (χ1) is 7.51. The summed E-state index contributed by atoms with van der Waals surface area (Å²) in [6, 6.07) is 8.51. The molecule has 0 N–H and O–H groups in total. The first kappa shape index (κ1) is 13.1. The Kier molecular flexibility index (Phi) is 4.85. The molecule has 1 rings (SSSR count). The van der Waals surface area contributed by atoms with Crippen molar-refractivity contribution in [2.24, 2.45) is 0 Å². The van der Waals surface area contributed by atoms with Crippen LogP contribution >= 0.6 is 0 Å². The van der Waals surface area contributed by atoms with E-state index >= 15 is 0 Å². The Labute approximate surface area is 99.8 Å². The highest BCUT2D eigenvalue weighted by Gasteiger charge is 2.11. The van der Waals surface area contributed by atoms with Gasteiger partial charge >= 0.3 is 0 Å². The maximum absolute atomic E-state index is 5.78. The van der Waals surface area contributed by atoms with Crippen molar-refractivity contribution in [3.8, 4) is 5.75 Å². The van der Waals surface area contributed by atoms with Crippen LogP contribution in [0.2, 0.25) is 0 Å². The molecule has 90 valence electrons. The normalized spacial score (nSPS) is 11.5. The Morgan fingerprint density at radius 3 is 2.12 bits per heavy atom. The molecule has 0 unspecified atom stereocenters. The summed E-state index contributed by atoms with van der Waals surface area (Å²) in [7, 11) is 0. The molecule has 1 aromatic rings. The van der Waals surface area contributed by atoms with Crippen LogP contribution in [0.3, 0.4) is 0 Å². The van der Waals surface area contributed by atoms with E-state index in [0.29, 0.717) is 0 Å². The summed E-state index contributed by atoms with van der Waals surface area (Å²) >= 11 is 0. The zero-order valence-corrected chi connectivity index (χ0v) is 11.0. The maximum atomic E-state index is 5.78. The van der Waals surface area contributed by atoms with Gasteiger partial charge in [0.15, 0.2) is 0 Å². The first-order valence-electron chi connectivity index (χ1n) is 6.29. The minimum absolute atomic E-state index is 0.107. The van der Waals surface area contributed by atoms with E-state index in [9.17, 15) is 0 Å². The van der Waals surface area contributed by atoms with Gasteiger partial charge in [-0.3, -0.25) is 0 Å². The summed E-state index contributed by atoms with van der Waals surface area (Å²) in [6.45, 7) is 8.45. The SMILES string of the molecule is CCCCCc1ccc(OC(C)(C)C)cc1. The molecule has 16 heavy (non-hydrogen) atoms. The number of hydrogen-bond donors (Lipinski definition) is 0. The van der Waals surface area contributed by atoms with E-state index < -0.39 is 0 Å². The van der Waals surface area contributed by atoms with Crippen molar-refractivity contribution in [2.45, 2.75) is 59.0 Å². The molecule has 1 nitrogen and oxygen atoms in total. The third kappa shape index (κ3) is 5.20. The Hall–Kier alpha value is -0.980. The third-order valence-electron chi connectivity index (χ3n) is 2.42. The van der Waals surface area contributed by atoms with Crippen LogP contribution in [-0.4, -0.2) is 5.60 Å². The van der Waals surface area contributed by atoms with E-state index in [1.54, 1.807) is 0 Å². The van der Waals surface area contributed by atoms with E-state index in [-0.39, 0.29) is 5.60 Å². The van der Waals surface area contributed by atoms with Crippen molar-refractivity contribution in [2.75, 3.05) is 0 Å². The van der Waals surface area contributed by atoms with Gasteiger partial charge < -0.3 is 4.74 Å². The molecule has 0 spiro atoms. The van der Waals surface area contributed by atoms with Crippen LogP contribution in [0.5, 0.6) is 5.75 Å². The zero-order valence-electron chi connectivity index (χ0n) is 11.0. The van der Waals surface area contributed by atoms with E-state index in [4.69, 9.17) is 4.74 Å². The Morgan fingerprint density at radius 2 is 1.62 bits per heavy atom. The largest absolute Gasteiger partial charge is 0.488 e. The third-order valence-corrected chi connectivity index (χ3v) is 2.42. The predicted octanol–water partition coefficient (Wildman–Crippen LogP) is 4.60. The number of rotatable bonds is 5. The standard InChI is InChI=1S/C15H24O/c1-5-6-7-8-13-9-11-14(12-10-13)16-15(2,3)4/h9-12H,5-8H2,1-4H3. The van der Waals surface area contributed by atoms with Gasteiger partial charge in [0, 0.05) is 0 Å². The summed E-state index contributed by atoms with van der Waals surface area (Å²) in [4.78, 5) is 0. The van der Waals surface area contributed by atoms with Gasteiger partial charge in [-0.15, -0.1) is 0 Å². The molecule has 0 fully saturated rings. The number of ether oxygens (including phenoxy) is 1. The van der Waals surface area contributed by atoms with Gasteiger partial charge in [-0.05, 0) is 51.3 Å². The average Bonchev–Trinajstić information content (AvgIpc) is 2.19. The predicted molar refractivity (Wildman–Crippen MR) is 70.1 cm³/mol. The topological polar surface area (TPSA) is 9.23 Å². The summed E-state index contributed by atoms with van der Waals surface area (Å²) in [5, 5.41) is 0. The van der Waals surface area contributed by atoms with Crippen molar-refractivity contribution < 1.29 is 4.74 Å². The second-order valence-electron chi connectivity index (χ2n) is 5.32. The van der Waals surface area contributed by atoms with Crippen molar-refractivity contribution in [1.82, 2.24) is 0 Å². The van der Waals surface area contributed by atoms with Crippen molar-refractivity contribution in [3.63, 3.8) is 0 Å². The average molecular weight is 220 g/mol. The smallest absolute Gasteiger partial charge is 0.120 e. The van der Waals surface area contributed by atoms with Gasteiger partial charge in [0.2, 0.25) is 0 Å². The van der Waals surface area contributed by atoms with Crippen LogP contribution in [0, 0.1) is 0 Å². The number of benzene rings is 1. The van der Waals surface area contributed by atoms with Gasteiger partial charge in [-0.2, -0.15) is 0 Å².